The zero-order valence-electron chi connectivity index (χ0n) is 13.7. The Balaban J connectivity index is 0.00000220. The zero-order chi connectivity index (χ0) is 14.6. The third-order valence-corrected chi connectivity index (χ3v) is 5.95. The van der Waals surface area contributed by atoms with Gasteiger partial charge in [0.2, 0.25) is 5.91 Å². The summed E-state index contributed by atoms with van der Waals surface area (Å²) in [6.07, 6.45) is 5.04. The summed E-state index contributed by atoms with van der Waals surface area (Å²) < 4.78 is 0. The molecule has 0 aromatic rings. The van der Waals surface area contributed by atoms with Crippen LogP contribution in [0.1, 0.15) is 39.5 Å². The maximum absolute atomic E-state index is 12.2. The van der Waals surface area contributed by atoms with E-state index in [9.17, 15) is 4.79 Å². The summed E-state index contributed by atoms with van der Waals surface area (Å²) in [6.45, 7) is 6.95. The van der Waals surface area contributed by atoms with Crippen LogP contribution in [0.2, 0.25) is 0 Å². The van der Waals surface area contributed by atoms with Crippen molar-refractivity contribution in [2.45, 2.75) is 51.1 Å². The predicted octanol–water partition coefficient (Wildman–Crippen LogP) is 2.29. The molecule has 22 heavy (non-hydrogen) atoms. The van der Waals surface area contributed by atoms with Gasteiger partial charge in [-0.3, -0.25) is 9.69 Å². The number of nitrogens with two attached hydrogens (primary N) is 1. The minimum atomic E-state index is -0.106. The molecule has 1 aliphatic heterocycles. The average molecular weight is 372 g/mol. The first-order chi connectivity index (χ1) is 9.55. The Bertz CT molecular complexity index is 333. The monoisotopic (exact) mass is 371 g/mol. The lowest BCUT2D eigenvalue weighted by Crippen LogP contribution is -2.57. The molecule has 0 spiro atoms. The lowest BCUT2D eigenvalue weighted by atomic mass is 9.94. The van der Waals surface area contributed by atoms with Crippen LogP contribution in [-0.2, 0) is 4.79 Å². The number of hydrogen-bond donors (Lipinski definition) is 2. The summed E-state index contributed by atoms with van der Waals surface area (Å²) in [7, 11) is 0. The summed E-state index contributed by atoms with van der Waals surface area (Å²) in [5.41, 5.74) is 6.04. The molecule has 7 heteroatoms. The number of carbonyl (C=O) groups excluding carboxylic acids is 1. The van der Waals surface area contributed by atoms with Crippen molar-refractivity contribution in [2.75, 3.05) is 31.1 Å². The molecule has 2 unspecified atom stereocenters. The molecular formula is C15H31Cl2N3OS. The van der Waals surface area contributed by atoms with E-state index in [2.05, 4.69) is 10.2 Å². The predicted molar refractivity (Wildman–Crippen MR) is 100 cm³/mol. The molecule has 1 amide bonds. The summed E-state index contributed by atoms with van der Waals surface area (Å²) in [5, 5.41) is 3.18. The zero-order valence-corrected chi connectivity index (χ0v) is 16.1. The molecule has 2 atom stereocenters. The molecule has 0 aromatic carbocycles. The van der Waals surface area contributed by atoms with Gasteiger partial charge >= 0.3 is 0 Å². The van der Waals surface area contributed by atoms with E-state index in [1.54, 1.807) is 0 Å². The SMILES string of the molecule is CC(N)C(C)C(=O)NCC1(N2CCSCC2)CCCC1.Cl.Cl. The number of nitrogens with one attached hydrogen (secondary N) is 1. The number of rotatable bonds is 5. The van der Waals surface area contributed by atoms with Crippen molar-refractivity contribution in [3.05, 3.63) is 0 Å². The summed E-state index contributed by atoms with van der Waals surface area (Å²) >= 11 is 2.04. The number of carbonyl (C=O) groups is 1. The van der Waals surface area contributed by atoms with Crippen LogP contribution in [0.5, 0.6) is 0 Å². The second kappa shape index (κ2) is 10.2. The van der Waals surface area contributed by atoms with E-state index in [4.69, 9.17) is 5.73 Å². The Morgan fingerprint density at radius 1 is 1.23 bits per heavy atom. The Kier molecular flexibility index (Phi) is 10.4. The quantitative estimate of drug-likeness (QED) is 0.778. The lowest BCUT2D eigenvalue weighted by Gasteiger charge is -2.43. The van der Waals surface area contributed by atoms with Gasteiger partial charge < -0.3 is 11.1 Å². The highest BCUT2D eigenvalue weighted by atomic mass is 35.5. The van der Waals surface area contributed by atoms with E-state index in [0.29, 0.717) is 0 Å². The maximum atomic E-state index is 12.2. The first-order valence-corrected chi connectivity index (χ1v) is 9.07. The van der Waals surface area contributed by atoms with Crippen LogP contribution in [0.3, 0.4) is 0 Å². The van der Waals surface area contributed by atoms with Crippen molar-refractivity contribution >= 4 is 42.5 Å². The first kappa shape index (κ1) is 22.3. The lowest BCUT2D eigenvalue weighted by molar-refractivity contribution is -0.125. The Morgan fingerprint density at radius 3 is 2.27 bits per heavy atom. The van der Waals surface area contributed by atoms with Crippen molar-refractivity contribution < 1.29 is 4.79 Å². The molecule has 1 aliphatic carbocycles. The van der Waals surface area contributed by atoms with Crippen molar-refractivity contribution in [3.63, 3.8) is 0 Å². The van der Waals surface area contributed by atoms with Gasteiger partial charge in [0.05, 0.1) is 0 Å². The van der Waals surface area contributed by atoms with Crippen LogP contribution < -0.4 is 11.1 Å². The minimum absolute atomic E-state index is 0. The number of nitrogens with zero attached hydrogens (tertiary/aromatic N) is 1. The van der Waals surface area contributed by atoms with Gasteiger partial charge in [-0.15, -0.1) is 24.8 Å². The van der Waals surface area contributed by atoms with Gasteiger partial charge in [-0.2, -0.15) is 11.8 Å². The molecule has 0 radical (unpaired) electrons. The van der Waals surface area contributed by atoms with Crippen LogP contribution in [0.15, 0.2) is 0 Å². The van der Waals surface area contributed by atoms with E-state index in [0.717, 1.165) is 6.54 Å². The molecule has 0 bridgehead atoms. The van der Waals surface area contributed by atoms with Gasteiger partial charge in [0.15, 0.2) is 0 Å². The highest BCUT2D eigenvalue weighted by Crippen LogP contribution is 2.36. The molecule has 3 N–H and O–H groups in total. The fraction of sp³-hybridized carbons (Fsp3) is 0.933. The standard InChI is InChI=1S/C15H29N3OS.2ClH/c1-12(13(2)16)14(19)17-11-15(5-3-4-6-15)18-7-9-20-10-8-18;;/h12-13H,3-11,16H2,1-2H3,(H,17,19);2*1H. The van der Waals surface area contributed by atoms with Crippen LogP contribution in [-0.4, -0.2) is 53.5 Å². The van der Waals surface area contributed by atoms with Crippen molar-refractivity contribution in [2.24, 2.45) is 11.7 Å². The normalized spacial score (nSPS) is 23.8. The van der Waals surface area contributed by atoms with Gasteiger partial charge in [0.25, 0.3) is 0 Å². The van der Waals surface area contributed by atoms with Gasteiger partial charge in [-0.05, 0) is 19.8 Å². The molecule has 2 fully saturated rings. The molecule has 2 aliphatic rings. The van der Waals surface area contributed by atoms with Crippen molar-refractivity contribution in [3.8, 4) is 0 Å². The molecule has 1 saturated heterocycles. The first-order valence-electron chi connectivity index (χ1n) is 7.91. The molecular weight excluding hydrogens is 341 g/mol. The van der Waals surface area contributed by atoms with E-state index in [1.807, 2.05) is 25.6 Å². The average Bonchev–Trinajstić information content (AvgIpc) is 2.95. The summed E-state index contributed by atoms with van der Waals surface area (Å²) in [4.78, 5) is 14.8. The highest BCUT2D eigenvalue weighted by Gasteiger charge is 2.40. The highest BCUT2D eigenvalue weighted by molar-refractivity contribution is 7.99. The van der Waals surface area contributed by atoms with E-state index >= 15 is 0 Å². The van der Waals surface area contributed by atoms with Gasteiger partial charge in [-0.25, -0.2) is 0 Å². The topological polar surface area (TPSA) is 58.4 Å². The molecule has 4 nitrogen and oxygen atoms in total. The molecule has 0 aromatic heterocycles. The summed E-state index contributed by atoms with van der Waals surface area (Å²) in [5.74, 6) is 2.46. The number of hydrogen-bond acceptors (Lipinski definition) is 4. The third kappa shape index (κ3) is 5.45. The second-order valence-corrected chi connectivity index (χ2v) is 7.62. The number of thioether (sulfide) groups is 1. The van der Waals surface area contributed by atoms with Crippen LogP contribution in [0.25, 0.3) is 0 Å². The second-order valence-electron chi connectivity index (χ2n) is 6.40. The summed E-state index contributed by atoms with van der Waals surface area (Å²) in [6, 6.07) is -0.0825. The fourth-order valence-electron chi connectivity index (χ4n) is 3.33. The fourth-order valence-corrected chi connectivity index (χ4v) is 4.23. The minimum Gasteiger partial charge on any atom is -0.354 e. The molecule has 1 saturated carbocycles. The molecule has 132 valence electrons. The van der Waals surface area contributed by atoms with E-state index in [1.165, 1.54) is 50.3 Å². The smallest absolute Gasteiger partial charge is 0.224 e. The maximum Gasteiger partial charge on any atom is 0.224 e. The van der Waals surface area contributed by atoms with E-state index < -0.39 is 0 Å². The van der Waals surface area contributed by atoms with Crippen LogP contribution >= 0.6 is 36.6 Å². The third-order valence-electron chi connectivity index (χ3n) is 5.01. The van der Waals surface area contributed by atoms with Gasteiger partial charge in [-0.1, -0.05) is 19.8 Å². The Labute approximate surface area is 151 Å². The van der Waals surface area contributed by atoms with Crippen molar-refractivity contribution in [1.29, 1.82) is 0 Å². The largest absolute Gasteiger partial charge is 0.354 e. The van der Waals surface area contributed by atoms with Crippen molar-refractivity contribution in [1.82, 2.24) is 10.2 Å². The molecule has 1 heterocycles. The number of amides is 1. The Morgan fingerprint density at radius 2 is 1.77 bits per heavy atom. The molecule has 2 rings (SSSR count). The van der Waals surface area contributed by atoms with Crippen LogP contribution in [0, 0.1) is 5.92 Å². The van der Waals surface area contributed by atoms with Gasteiger partial charge in [0, 0.05) is 48.6 Å². The number of halogens is 2. The Hall–Kier alpha value is 0.320. The van der Waals surface area contributed by atoms with Crippen LogP contribution in [0.4, 0.5) is 0 Å². The van der Waals surface area contributed by atoms with Gasteiger partial charge in [0.1, 0.15) is 0 Å². The van der Waals surface area contributed by atoms with E-state index in [-0.39, 0.29) is 48.2 Å².